The number of aromatic nitrogens is 3. The third kappa shape index (κ3) is 3.96. The standard InChI is InChI=1S/C21H20F2N4O2/c1-2-17-19(23)20(26-12-25-17)29-16-7-8-27(11-16)21(28)18-9-14(10-24-18)13-3-5-15(22)6-4-13/h3-6,9-10,12,16,24H,2,7-8,11H2,1H3/t16-/m0/s1. The quantitative estimate of drug-likeness (QED) is 0.713. The van der Waals surface area contributed by atoms with Crippen molar-refractivity contribution in [1.82, 2.24) is 19.9 Å². The molecule has 0 unspecified atom stereocenters. The Kier molecular flexibility index (Phi) is 5.24. The lowest BCUT2D eigenvalue weighted by Crippen LogP contribution is -2.31. The van der Waals surface area contributed by atoms with Gasteiger partial charge in [-0.05, 0) is 35.7 Å². The van der Waals surface area contributed by atoms with E-state index in [2.05, 4.69) is 15.0 Å². The highest BCUT2D eigenvalue weighted by Gasteiger charge is 2.30. The van der Waals surface area contributed by atoms with Crippen molar-refractivity contribution in [3.05, 3.63) is 65.9 Å². The van der Waals surface area contributed by atoms with Crippen LogP contribution in [0.15, 0.2) is 42.9 Å². The summed E-state index contributed by atoms with van der Waals surface area (Å²) in [5.74, 6) is -1.10. The summed E-state index contributed by atoms with van der Waals surface area (Å²) in [4.78, 5) is 25.2. The number of amides is 1. The predicted molar refractivity (Wildman–Crippen MR) is 102 cm³/mol. The Morgan fingerprint density at radius 1 is 1.24 bits per heavy atom. The minimum absolute atomic E-state index is 0.0744. The van der Waals surface area contributed by atoms with Gasteiger partial charge in [0, 0.05) is 19.2 Å². The first-order chi connectivity index (χ1) is 14.0. The second-order valence-corrected chi connectivity index (χ2v) is 6.88. The average Bonchev–Trinajstić information content (AvgIpc) is 3.40. The van der Waals surface area contributed by atoms with Crippen LogP contribution < -0.4 is 4.74 Å². The molecule has 1 fully saturated rings. The molecule has 29 heavy (non-hydrogen) atoms. The van der Waals surface area contributed by atoms with E-state index < -0.39 is 5.82 Å². The lowest BCUT2D eigenvalue weighted by atomic mass is 10.1. The van der Waals surface area contributed by atoms with Crippen LogP contribution in [-0.4, -0.2) is 45.0 Å². The minimum Gasteiger partial charge on any atom is -0.470 e. The zero-order chi connectivity index (χ0) is 20.4. The van der Waals surface area contributed by atoms with Gasteiger partial charge in [-0.3, -0.25) is 4.79 Å². The van der Waals surface area contributed by atoms with Gasteiger partial charge in [0.25, 0.3) is 11.8 Å². The molecule has 1 atom stereocenters. The van der Waals surface area contributed by atoms with E-state index in [1.165, 1.54) is 18.5 Å². The molecule has 0 aliphatic carbocycles. The van der Waals surface area contributed by atoms with Crippen LogP contribution in [0.25, 0.3) is 11.1 Å². The van der Waals surface area contributed by atoms with Crippen LogP contribution in [0.5, 0.6) is 5.88 Å². The summed E-state index contributed by atoms with van der Waals surface area (Å²) < 4.78 is 33.1. The first-order valence-corrected chi connectivity index (χ1v) is 9.44. The Bertz CT molecular complexity index is 1020. The normalized spacial score (nSPS) is 16.2. The maximum Gasteiger partial charge on any atom is 0.270 e. The number of carbonyl (C=O) groups excluding carboxylic acids is 1. The van der Waals surface area contributed by atoms with Crippen molar-refractivity contribution in [2.45, 2.75) is 25.9 Å². The molecule has 1 N–H and O–H groups in total. The molecule has 0 radical (unpaired) electrons. The van der Waals surface area contributed by atoms with Crippen molar-refractivity contribution in [3.8, 4) is 17.0 Å². The number of H-pyrrole nitrogens is 1. The first-order valence-electron chi connectivity index (χ1n) is 9.44. The van der Waals surface area contributed by atoms with Crippen molar-refractivity contribution >= 4 is 5.91 Å². The van der Waals surface area contributed by atoms with E-state index in [4.69, 9.17) is 4.74 Å². The summed E-state index contributed by atoms with van der Waals surface area (Å²) in [6, 6.07) is 7.81. The van der Waals surface area contributed by atoms with E-state index in [-0.39, 0.29) is 23.7 Å². The molecule has 0 spiro atoms. The zero-order valence-corrected chi connectivity index (χ0v) is 15.9. The maximum absolute atomic E-state index is 14.3. The Hall–Kier alpha value is -3.29. The Morgan fingerprint density at radius 3 is 2.79 bits per heavy atom. The summed E-state index contributed by atoms with van der Waals surface area (Å²) in [7, 11) is 0. The fraction of sp³-hybridized carbons (Fsp3) is 0.286. The number of carbonyl (C=O) groups is 1. The topological polar surface area (TPSA) is 71.1 Å². The van der Waals surface area contributed by atoms with E-state index in [0.717, 1.165) is 11.1 Å². The third-order valence-electron chi connectivity index (χ3n) is 4.97. The molecule has 1 aliphatic heterocycles. The molecule has 1 aromatic carbocycles. The van der Waals surface area contributed by atoms with E-state index in [9.17, 15) is 13.6 Å². The predicted octanol–water partition coefficient (Wildman–Crippen LogP) is 3.61. The van der Waals surface area contributed by atoms with Crippen molar-refractivity contribution in [2.75, 3.05) is 13.1 Å². The summed E-state index contributed by atoms with van der Waals surface area (Å²) in [5, 5.41) is 0. The summed E-state index contributed by atoms with van der Waals surface area (Å²) in [6.07, 6.45) is 3.70. The second-order valence-electron chi connectivity index (χ2n) is 6.88. The second kappa shape index (κ2) is 7.98. The van der Waals surface area contributed by atoms with E-state index in [1.807, 2.05) is 6.92 Å². The fourth-order valence-corrected chi connectivity index (χ4v) is 3.38. The average molecular weight is 398 g/mol. The Morgan fingerprint density at radius 2 is 2.03 bits per heavy atom. The maximum atomic E-state index is 14.3. The van der Waals surface area contributed by atoms with Gasteiger partial charge in [0.05, 0.1) is 12.2 Å². The summed E-state index contributed by atoms with van der Waals surface area (Å²) in [6.45, 7) is 2.65. The number of ether oxygens (including phenoxy) is 1. The van der Waals surface area contributed by atoms with Gasteiger partial charge in [-0.25, -0.2) is 9.37 Å². The molecule has 4 rings (SSSR count). The smallest absolute Gasteiger partial charge is 0.270 e. The lowest BCUT2D eigenvalue weighted by Gasteiger charge is -2.16. The van der Waals surface area contributed by atoms with Crippen LogP contribution >= 0.6 is 0 Å². The highest BCUT2D eigenvalue weighted by atomic mass is 19.1. The van der Waals surface area contributed by atoms with Gasteiger partial charge >= 0.3 is 0 Å². The van der Waals surface area contributed by atoms with Crippen molar-refractivity contribution < 1.29 is 18.3 Å². The van der Waals surface area contributed by atoms with Crippen LogP contribution in [0.2, 0.25) is 0 Å². The number of hydrogen-bond acceptors (Lipinski definition) is 4. The molecule has 0 saturated carbocycles. The van der Waals surface area contributed by atoms with E-state index >= 15 is 0 Å². The van der Waals surface area contributed by atoms with Crippen LogP contribution in [0.1, 0.15) is 29.5 Å². The number of benzene rings is 1. The third-order valence-corrected chi connectivity index (χ3v) is 4.97. The number of likely N-dealkylation sites (tertiary alicyclic amines) is 1. The molecule has 1 saturated heterocycles. The minimum atomic E-state index is -0.548. The first kappa shape index (κ1) is 19.0. The number of nitrogens with zero attached hydrogens (tertiary/aromatic N) is 3. The molecule has 1 aliphatic rings. The number of aromatic amines is 1. The zero-order valence-electron chi connectivity index (χ0n) is 15.9. The van der Waals surface area contributed by atoms with Gasteiger partial charge in [-0.1, -0.05) is 19.1 Å². The van der Waals surface area contributed by atoms with Crippen molar-refractivity contribution in [2.24, 2.45) is 0 Å². The largest absolute Gasteiger partial charge is 0.470 e. The SMILES string of the molecule is CCc1ncnc(O[C@H]2CCN(C(=O)c3cc(-c4ccc(F)cc4)c[nH]3)C2)c1F. The van der Waals surface area contributed by atoms with Gasteiger partial charge in [-0.2, -0.15) is 9.37 Å². The Labute approximate surface area is 166 Å². The molecule has 0 bridgehead atoms. The molecular formula is C21H20F2N4O2. The molecule has 3 aromatic rings. The summed E-state index contributed by atoms with van der Waals surface area (Å²) >= 11 is 0. The van der Waals surface area contributed by atoms with Crippen LogP contribution in [0, 0.1) is 11.6 Å². The molecule has 2 aromatic heterocycles. The lowest BCUT2D eigenvalue weighted by molar-refractivity contribution is 0.0765. The molecule has 150 valence electrons. The fourth-order valence-electron chi connectivity index (χ4n) is 3.38. The van der Waals surface area contributed by atoms with Crippen LogP contribution in [0.3, 0.4) is 0 Å². The number of halogens is 2. The molecule has 3 heterocycles. The molecule has 6 nitrogen and oxygen atoms in total. The molecular weight excluding hydrogens is 378 g/mol. The van der Waals surface area contributed by atoms with Crippen molar-refractivity contribution in [3.63, 3.8) is 0 Å². The highest BCUT2D eigenvalue weighted by Crippen LogP contribution is 2.24. The highest BCUT2D eigenvalue weighted by molar-refractivity contribution is 5.94. The Balaban J connectivity index is 1.42. The van der Waals surface area contributed by atoms with E-state index in [1.54, 1.807) is 29.3 Å². The molecule has 8 heteroatoms. The van der Waals surface area contributed by atoms with Gasteiger partial charge in [0.2, 0.25) is 5.82 Å². The van der Waals surface area contributed by atoms with Gasteiger partial charge in [-0.15, -0.1) is 0 Å². The van der Waals surface area contributed by atoms with Crippen LogP contribution in [0.4, 0.5) is 8.78 Å². The number of aryl methyl sites for hydroxylation is 1. The monoisotopic (exact) mass is 398 g/mol. The van der Waals surface area contributed by atoms with Gasteiger partial charge in [0.1, 0.15) is 23.9 Å². The number of hydrogen-bond donors (Lipinski definition) is 1. The summed E-state index contributed by atoms with van der Waals surface area (Å²) in [5.41, 5.74) is 2.36. The number of nitrogens with one attached hydrogen (secondary N) is 1. The van der Waals surface area contributed by atoms with Crippen molar-refractivity contribution in [1.29, 1.82) is 0 Å². The van der Waals surface area contributed by atoms with Gasteiger partial charge < -0.3 is 14.6 Å². The molecule has 1 amide bonds. The number of rotatable bonds is 5. The van der Waals surface area contributed by atoms with E-state index in [0.29, 0.717) is 37.3 Å². The van der Waals surface area contributed by atoms with Crippen LogP contribution in [-0.2, 0) is 6.42 Å². The van der Waals surface area contributed by atoms with Gasteiger partial charge in [0.15, 0.2) is 0 Å².